The van der Waals surface area contributed by atoms with Gasteiger partial charge < -0.3 is 10.2 Å². The van der Waals surface area contributed by atoms with Crippen molar-refractivity contribution < 1.29 is 9.59 Å². The minimum Gasteiger partial charge on any atom is -0.352 e. The van der Waals surface area contributed by atoms with Gasteiger partial charge in [0, 0.05) is 18.3 Å². The summed E-state index contributed by atoms with van der Waals surface area (Å²) in [5.74, 6) is 1.07. The highest BCUT2D eigenvalue weighted by atomic mass is 32.2. The largest absolute Gasteiger partial charge is 0.352 e. The number of carbonyl (C=O) groups excluding carboxylic acids is 2. The fourth-order valence-corrected chi connectivity index (χ4v) is 4.15. The third kappa shape index (κ3) is 7.52. The molecule has 0 aliphatic rings. The molecule has 162 valence electrons. The van der Waals surface area contributed by atoms with E-state index in [9.17, 15) is 9.59 Å². The lowest BCUT2D eigenvalue weighted by Crippen LogP contribution is -2.51. The molecule has 2 atom stereocenters. The molecule has 30 heavy (non-hydrogen) atoms. The van der Waals surface area contributed by atoms with Gasteiger partial charge in [-0.3, -0.25) is 9.59 Å². The van der Waals surface area contributed by atoms with Crippen LogP contribution in [0.4, 0.5) is 0 Å². The van der Waals surface area contributed by atoms with Gasteiger partial charge in [-0.05, 0) is 37.8 Å². The molecular formula is C25H34N2O2S. The predicted molar refractivity (Wildman–Crippen MR) is 126 cm³/mol. The lowest BCUT2D eigenvalue weighted by Gasteiger charge is -2.31. The molecule has 0 bridgehead atoms. The summed E-state index contributed by atoms with van der Waals surface area (Å²) < 4.78 is 0. The number of nitrogens with zero attached hydrogens (tertiary/aromatic N) is 1. The molecule has 2 rings (SSSR count). The molecule has 5 heteroatoms. The third-order valence-electron chi connectivity index (χ3n) is 5.16. The SMILES string of the molecule is CC[C@H](C)NC(=O)[C@H](CC)N(Cc1cccc(C)c1)C(=O)CSCc1ccccc1. The van der Waals surface area contributed by atoms with Crippen molar-refractivity contribution in [3.8, 4) is 0 Å². The number of hydrogen-bond acceptors (Lipinski definition) is 3. The average Bonchev–Trinajstić information content (AvgIpc) is 2.74. The Bertz CT molecular complexity index is 810. The van der Waals surface area contributed by atoms with E-state index >= 15 is 0 Å². The van der Waals surface area contributed by atoms with Gasteiger partial charge in [-0.1, -0.05) is 74.0 Å². The van der Waals surface area contributed by atoms with E-state index in [1.165, 1.54) is 5.56 Å². The summed E-state index contributed by atoms with van der Waals surface area (Å²) in [4.78, 5) is 27.9. The van der Waals surface area contributed by atoms with Gasteiger partial charge >= 0.3 is 0 Å². The smallest absolute Gasteiger partial charge is 0.243 e. The second kappa shape index (κ2) is 12.4. The second-order valence-corrected chi connectivity index (χ2v) is 8.72. The Morgan fingerprint density at radius 1 is 1.00 bits per heavy atom. The lowest BCUT2D eigenvalue weighted by atomic mass is 10.1. The van der Waals surface area contributed by atoms with Crippen molar-refractivity contribution in [2.75, 3.05) is 5.75 Å². The van der Waals surface area contributed by atoms with Crippen molar-refractivity contribution in [2.24, 2.45) is 0 Å². The zero-order valence-corrected chi connectivity index (χ0v) is 19.4. The van der Waals surface area contributed by atoms with Crippen LogP contribution in [0.3, 0.4) is 0 Å². The van der Waals surface area contributed by atoms with Gasteiger partial charge in [-0.2, -0.15) is 0 Å². The van der Waals surface area contributed by atoms with E-state index in [-0.39, 0.29) is 17.9 Å². The van der Waals surface area contributed by atoms with E-state index in [1.54, 1.807) is 16.7 Å². The molecule has 0 spiro atoms. The summed E-state index contributed by atoms with van der Waals surface area (Å²) in [6.45, 7) is 8.49. The van der Waals surface area contributed by atoms with Crippen LogP contribution < -0.4 is 5.32 Å². The van der Waals surface area contributed by atoms with E-state index in [0.717, 1.165) is 23.3 Å². The summed E-state index contributed by atoms with van der Waals surface area (Å²) >= 11 is 1.59. The molecule has 0 saturated heterocycles. The minimum absolute atomic E-state index is 0.00332. The molecule has 0 heterocycles. The molecule has 2 aromatic carbocycles. The Hall–Kier alpha value is -2.27. The van der Waals surface area contributed by atoms with Crippen LogP contribution in [-0.4, -0.2) is 34.6 Å². The quantitative estimate of drug-likeness (QED) is 0.553. The van der Waals surface area contributed by atoms with Crippen molar-refractivity contribution in [2.45, 2.75) is 64.9 Å². The van der Waals surface area contributed by atoms with Gasteiger partial charge in [0.2, 0.25) is 11.8 Å². The summed E-state index contributed by atoms with van der Waals surface area (Å²) in [6.07, 6.45) is 1.45. The number of benzene rings is 2. The van der Waals surface area contributed by atoms with Gasteiger partial charge in [0.15, 0.2) is 0 Å². The fourth-order valence-electron chi connectivity index (χ4n) is 3.28. The Labute approximate surface area is 185 Å². The van der Waals surface area contributed by atoms with Crippen molar-refractivity contribution in [1.29, 1.82) is 0 Å². The zero-order valence-electron chi connectivity index (χ0n) is 18.6. The van der Waals surface area contributed by atoms with Gasteiger partial charge in [0.1, 0.15) is 6.04 Å². The van der Waals surface area contributed by atoms with E-state index in [0.29, 0.717) is 18.7 Å². The Kier molecular flexibility index (Phi) is 9.95. The fraction of sp³-hybridized carbons (Fsp3) is 0.440. The Balaban J connectivity index is 2.13. The van der Waals surface area contributed by atoms with Gasteiger partial charge in [0.05, 0.1) is 5.75 Å². The molecule has 0 radical (unpaired) electrons. The first-order valence-electron chi connectivity index (χ1n) is 10.7. The van der Waals surface area contributed by atoms with Crippen LogP contribution in [0.15, 0.2) is 54.6 Å². The first kappa shape index (κ1) is 24.0. The second-order valence-electron chi connectivity index (χ2n) is 7.73. The number of rotatable bonds is 11. The van der Waals surface area contributed by atoms with Gasteiger partial charge in [0.25, 0.3) is 0 Å². The maximum Gasteiger partial charge on any atom is 0.243 e. The highest BCUT2D eigenvalue weighted by molar-refractivity contribution is 7.99. The molecule has 1 N–H and O–H groups in total. The molecule has 0 saturated carbocycles. The van der Waals surface area contributed by atoms with E-state index in [2.05, 4.69) is 23.5 Å². The Morgan fingerprint density at radius 3 is 2.33 bits per heavy atom. The first-order chi connectivity index (χ1) is 14.4. The molecule has 4 nitrogen and oxygen atoms in total. The molecule has 0 aliphatic heterocycles. The first-order valence-corrected chi connectivity index (χ1v) is 11.9. The highest BCUT2D eigenvalue weighted by Crippen LogP contribution is 2.18. The van der Waals surface area contributed by atoms with Crippen molar-refractivity contribution in [3.05, 3.63) is 71.3 Å². The molecule has 0 aliphatic carbocycles. The average molecular weight is 427 g/mol. The third-order valence-corrected chi connectivity index (χ3v) is 6.15. The van der Waals surface area contributed by atoms with E-state index in [4.69, 9.17) is 0 Å². The number of aryl methyl sites for hydroxylation is 1. The minimum atomic E-state index is -0.468. The van der Waals surface area contributed by atoms with Crippen molar-refractivity contribution in [3.63, 3.8) is 0 Å². The van der Waals surface area contributed by atoms with E-state index < -0.39 is 6.04 Å². The predicted octanol–water partition coefficient (Wildman–Crippen LogP) is 4.95. The Morgan fingerprint density at radius 2 is 1.70 bits per heavy atom. The molecule has 0 unspecified atom stereocenters. The molecule has 2 aromatic rings. The van der Waals surface area contributed by atoms with Crippen molar-refractivity contribution >= 4 is 23.6 Å². The maximum absolute atomic E-state index is 13.2. The summed E-state index contributed by atoms with van der Waals surface area (Å²) in [6, 6.07) is 17.9. The van der Waals surface area contributed by atoms with Crippen LogP contribution in [0.25, 0.3) is 0 Å². The molecule has 2 amide bonds. The zero-order chi connectivity index (χ0) is 21.9. The monoisotopic (exact) mass is 426 g/mol. The number of nitrogens with one attached hydrogen (secondary N) is 1. The number of carbonyl (C=O) groups is 2. The standard InChI is InChI=1S/C25H34N2O2S/c1-5-20(4)26-25(29)23(6-2)27(16-22-14-10-11-19(3)15-22)24(28)18-30-17-21-12-8-7-9-13-21/h7-15,20,23H,5-6,16-18H2,1-4H3,(H,26,29)/t20-,23-/m0/s1. The highest BCUT2D eigenvalue weighted by Gasteiger charge is 2.29. The van der Waals surface area contributed by atoms with Gasteiger partial charge in [-0.15, -0.1) is 11.8 Å². The topological polar surface area (TPSA) is 49.4 Å². The summed E-state index contributed by atoms with van der Waals surface area (Å²) in [7, 11) is 0. The van der Waals surface area contributed by atoms with Crippen LogP contribution in [0.1, 0.15) is 50.3 Å². The van der Waals surface area contributed by atoms with Crippen LogP contribution in [-0.2, 0) is 21.9 Å². The van der Waals surface area contributed by atoms with Crippen molar-refractivity contribution in [1.82, 2.24) is 10.2 Å². The van der Waals surface area contributed by atoms with Crippen LogP contribution in [0, 0.1) is 6.92 Å². The van der Waals surface area contributed by atoms with E-state index in [1.807, 2.05) is 64.1 Å². The van der Waals surface area contributed by atoms with Crippen LogP contribution in [0.5, 0.6) is 0 Å². The summed E-state index contributed by atoms with van der Waals surface area (Å²) in [5.41, 5.74) is 3.39. The molecular weight excluding hydrogens is 392 g/mol. The summed E-state index contributed by atoms with van der Waals surface area (Å²) in [5, 5.41) is 3.06. The lowest BCUT2D eigenvalue weighted by molar-refractivity contribution is -0.139. The maximum atomic E-state index is 13.2. The van der Waals surface area contributed by atoms with Gasteiger partial charge in [-0.25, -0.2) is 0 Å². The van der Waals surface area contributed by atoms with Crippen LogP contribution >= 0.6 is 11.8 Å². The number of hydrogen-bond donors (Lipinski definition) is 1. The molecule has 0 fully saturated rings. The van der Waals surface area contributed by atoms with Crippen LogP contribution in [0.2, 0.25) is 0 Å². The number of amides is 2. The normalized spacial score (nSPS) is 12.8. The molecule has 0 aromatic heterocycles. The number of thioether (sulfide) groups is 1.